The summed E-state index contributed by atoms with van der Waals surface area (Å²) < 4.78 is 11.5. The van der Waals surface area contributed by atoms with Gasteiger partial charge in [0.05, 0.1) is 13.2 Å². The van der Waals surface area contributed by atoms with Crippen LogP contribution in [0, 0.1) is 57.2 Å². The molecule has 132 valence electrons. The summed E-state index contributed by atoms with van der Waals surface area (Å²) >= 11 is 0. The summed E-state index contributed by atoms with van der Waals surface area (Å²) in [5, 5.41) is 37.6. The molecule has 6 nitrogen and oxygen atoms in total. The Morgan fingerprint density at radius 2 is 1.04 bits per heavy atom. The molecule has 0 fully saturated rings. The van der Waals surface area contributed by atoms with Gasteiger partial charge in [-0.2, -0.15) is 21.0 Å². The Kier molecular flexibility index (Phi) is 7.69. The van der Waals surface area contributed by atoms with Crippen LogP contribution in [-0.4, -0.2) is 13.2 Å². The van der Waals surface area contributed by atoms with Crippen LogP contribution in [-0.2, 0) is 0 Å². The molecule has 1 aromatic rings. The minimum absolute atomic E-state index is 0.125. The molecule has 1 rings (SSSR count). The van der Waals surface area contributed by atoms with E-state index in [1.807, 2.05) is 52.0 Å². The van der Waals surface area contributed by atoms with Crippen LogP contribution in [0.15, 0.2) is 12.1 Å². The third-order valence-corrected chi connectivity index (χ3v) is 3.21. The molecule has 0 saturated carbocycles. The van der Waals surface area contributed by atoms with Crippen LogP contribution in [0.4, 0.5) is 0 Å². The van der Waals surface area contributed by atoms with Crippen molar-refractivity contribution < 1.29 is 9.47 Å². The van der Waals surface area contributed by atoms with Gasteiger partial charge in [-0.25, -0.2) is 0 Å². The average molecular weight is 348 g/mol. The van der Waals surface area contributed by atoms with Gasteiger partial charge in [0, 0.05) is 10.4 Å². The highest BCUT2D eigenvalue weighted by atomic mass is 16.5. The van der Waals surface area contributed by atoms with Crippen molar-refractivity contribution in [3.63, 3.8) is 0 Å². The van der Waals surface area contributed by atoms with E-state index in [-0.39, 0.29) is 44.9 Å². The molecule has 0 aliphatic heterocycles. The summed E-state index contributed by atoms with van der Waals surface area (Å²) in [6.45, 7) is 8.56. The Labute approximate surface area is 153 Å². The van der Waals surface area contributed by atoms with Gasteiger partial charge in [-0.1, -0.05) is 27.7 Å². The zero-order valence-electron chi connectivity index (χ0n) is 15.3. The maximum absolute atomic E-state index is 9.25. The summed E-state index contributed by atoms with van der Waals surface area (Å²) in [6, 6.07) is 10.4. The van der Waals surface area contributed by atoms with E-state index in [1.165, 1.54) is 12.1 Å². The molecule has 0 aliphatic rings. The van der Waals surface area contributed by atoms with Crippen LogP contribution in [0.5, 0.6) is 11.5 Å². The highest BCUT2D eigenvalue weighted by molar-refractivity contribution is 5.77. The van der Waals surface area contributed by atoms with E-state index in [0.717, 1.165) is 0 Å². The Morgan fingerprint density at radius 1 is 0.731 bits per heavy atom. The molecule has 0 aliphatic carbocycles. The molecule has 0 radical (unpaired) electrons. The van der Waals surface area contributed by atoms with Crippen LogP contribution in [0.1, 0.15) is 27.7 Å². The van der Waals surface area contributed by atoms with Gasteiger partial charge in [0.25, 0.3) is 0 Å². The molecule has 1 aromatic carbocycles. The molecule has 0 N–H and O–H groups in total. The summed E-state index contributed by atoms with van der Waals surface area (Å²) in [5.41, 5.74) is -0.250. The predicted molar refractivity (Wildman–Crippen MR) is 95.6 cm³/mol. The van der Waals surface area contributed by atoms with Crippen LogP contribution in [0.3, 0.4) is 0 Å². The monoisotopic (exact) mass is 348 g/mol. The average Bonchev–Trinajstić information content (AvgIpc) is 2.61. The van der Waals surface area contributed by atoms with E-state index in [1.54, 1.807) is 0 Å². The standard InChI is InChI=1S/C20H20N4O2/c1-13(2)11-25-19-5-18(16(9-23)10-24)20(26-12-14(3)4)6-17(19)15(7-21)8-22/h5-6,13-14H,11-12H2,1-4H3. The molecular weight excluding hydrogens is 328 g/mol. The van der Waals surface area contributed by atoms with E-state index in [2.05, 4.69) is 0 Å². The van der Waals surface area contributed by atoms with Gasteiger partial charge in [0.15, 0.2) is 0 Å². The molecule has 0 spiro atoms. The molecule has 0 saturated heterocycles. The fourth-order valence-electron chi connectivity index (χ4n) is 1.99. The SMILES string of the molecule is CC(C)COc1cc(=C(C#N)C#N)c(OCC(C)C)cc1=C(C#N)C#N. The van der Waals surface area contributed by atoms with Crippen molar-refractivity contribution in [3.05, 3.63) is 22.6 Å². The van der Waals surface area contributed by atoms with Crippen LogP contribution in [0.2, 0.25) is 0 Å². The van der Waals surface area contributed by atoms with Crippen molar-refractivity contribution in [2.75, 3.05) is 13.2 Å². The van der Waals surface area contributed by atoms with Crippen molar-refractivity contribution in [2.45, 2.75) is 27.7 Å². The Morgan fingerprint density at radius 3 is 1.27 bits per heavy atom. The lowest BCUT2D eigenvalue weighted by Crippen LogP contribution is -2.22. The predicted octanol–water partition coefficient (Wildman–Crippen LogP) is 2.15. The van der Waals surface area contributed by atoms with Crippen LogP contribution in [0.25, 0.3) is 11.1 Å². The topological polar surface area (TPSA) is 114 Å². The number of hydrogen-bond acceptors (Lipinski definition) is 6. The first kappa shape index (κ1) is 20.6. The van der Waals surface area contributed by atoms with Crippen molar-refractivity contribution in [1.82, 2.24) is 0 Å². The minimum atomic E-state index is -0.125. The minimum Gasteiger partial charge on any atom is -0.493 e. The molecule has 0 aromatic heterocycles. The lowest BCUT2D eigenvalue weighted by molar-refractivity contribution is 0.260. The molecule has 26 heavy (non-hydrogen) atoms. The molecule has 0 atom stereocenters. The number of nitriles is 4. The summed E-state index contributed by atoms with van der Waals surface area (Å²) in [6.07, 6.45) is 0. The number of rotatable bonds is 6. The molecule has 0 unspecified atom stereocenters. The van der Waals surface area contributed by atoms with E-state index in [4.69, 9.17) is 9.47 Å². The third kappa shape index (κ3) is 5.27. The molecular formula is C20H20N4O2. The number of nitrogens with zero attached hydrogens (tertiary/aromatic N) is 4. The largest absolute Gasteiger partial charge is 0.493 e. The van der Waals surface area contributed by atoms with Crippen molar-refractivity contribution in [2.24, 2.45) is 11.8 Å². The van der Waals surface area contributed by atoms with Gasteiger partial charge in [-0.3, -0.25) is 0 Å². The normalized spacial score (nSPS) is 9.62. The second-order valence-corrected chi connectivity index (χ2v) is 6.45. The quantitative estimate of drug-likeness (QED) is 0.778. The van der Waals surface area contributed by atoms with E-state index < -0.39 is 0 Å². The van der Waals surface area contributed by atoms with Crippen LogP contribution < -0.4 is 19.9 Å². The van der Waals surface area contributed by atoms with E-state index in [9.17, 15) is 21.0 Å². The molecule has 0 heterocycles. The van der Waals surface area contributed by atoms with Crippen molar-refractivity contribution in [3.8, 4) is 35.8 Å². The zero-order chi connectivity index (χ0) is 19.7. The first-order valence-electron chi connectivity index (χ1n) is 8.16. The van der Waals surface area contributed by atoms with Gasteiger partial charge >= 0.3 is 0 Å². The Bertz CT molecular complexity index is 836. The number of benzene rings is 1. The Balaban J connectivity index is 3.85. The molecule has 6 heteroatoms. The van der Waals surface area contributed by atoms with Crippen molar-refractivity contribution >= 4 is 11.1 Å². The zero-order valence-corrected chi connectivity index (χ0v) is 15.3. The highest BCUT2D eigenvalue weighted by Gasteiger charge is 2.12. The second kappa shape index (κ2) is 9.73. The van der Waals surface area contributed by atoms with E-state index >= 15 is 0 Å². The third-order valence-electron chi connectivity index (χ3n) is 3.21. The highest BCUT2D eigenvalue weighted by Crippen LogP contribution is 2.13. The van der Waals surface area contributed by atoms with Gasteiger partial charge in [0.2, 0.25) is 0 Å². The van der Waals surface area contributed by atoms with Gasteiger partial charge in [-0.05, 0) is 24.0 Å². The van der Waals surface area contributed by atoms with Crippen LogP contribution >= 0.6 is 0 Å². The Hall–Kier alpha value is -3.48. The fourth-order valence-corrected chi connectivity index (χ4v) is 1.99. The second-order valence-electron chi connectivity index (χ2n) is 6.45. The maximum Gasteiger partial charge on any atom is 0.140 e. The van der Waals surface area contributed by atoms with Gasteiger partial charge in [-0.15, -0.1) is 0 Å². The fraction of sp³-hybridized carbons (Fsp3) is 0.400. The lowest BCUT2D eigenvalue weighted by atomic mass is 10.1. The number of hydrogen-bond donors (Lipinski definition) is 0. The number of ether oxygens (including phenoxy) is 2. The maximum atomic E-state index is 9.25. The molecule has 0 bridgehead atoms. The summed E-state index contributed by atoms with van der Waals surface area (Å²) in [7, 11) is 0. The smallest absolute Gasteiger partial charge is 0.140 e. The first-order chi connectivity index (χ1) is 12.4. The van der Waals surface area contributed by atoms with E-state index in [0.29, 0.717) is 13.2 Å². The first-order valence-corrected chi connectivity index (χ1v) is 8.16. The van der Waals surface area contributed by atoms with Crippen molar-refractivity contribution in [1.29, 1.82) is 21.0 Å². The van der Waals surface area contributed by atoms with Gasteiger partial charge in [0.1, 0.15) is 46.9 Å². The lowest BCUT2D eigenvalue weighted by Gasteiger charge is -2.14. The summed E-state index contributed by atoms with van der Waals surface area (Å²) in [5.74, 6) is 0.968. The van der Waals surface area contributed by atoms with Gasteiger partial charge < -0.3 is 9.47 Å². The summed E-state index contributed by atoms with van der Waals surface area (Å²) in [4.78, 5) is 0. The molecule has 0 amide bonds.